The first kappa shape index (κ1) is 21.9. The molecule has 1 unspecified atom stereocenters. The highest BCUT2D eigenvalue weighted by atomic mass is 19.1. The standard InChI is InChI=1S/C26H26FN5O2/c1-18-15-31(17-29-18)22-10-4-19(14-23(22)34-3)5-11-24-28-16-26(20-6-8-21(27)9-7-20)12-13-30(2)25(33)32(24)26/h4-11,14-15,17H,12-13,16H2,1-3H3. The normalized spacial score (nSPS) is 20.1. The molecule has 0 radical (unpaired) electrons. The van der Waals surface area contributed by atoms with Crippen molar-refractivity contribution in [3.05, 3.63) is 83.7 Å². The van der Waals surface area contributed by atoms with Crippen LogP contribution in [-0.4, -0.2) is 58.5 Å². The number of carbonyl (C=O) groups excluding carboxylic acids is 1. The van der Waals surface area contributed by atoms with E-state index in [0.717, 1.165) is 22.5 Å². The van der Waals surface area contributed by atoms with Gasteiger partial charge < -0.3 is 14.2 Å². The average molecular weight is 460 g/mol. The van der Waals surface area contributed by atoms with Gasteiger partial charge in [0.1, 0.15) is 17.4 Å². The molecule has 0 spiro atoms. The van der Waals surface area contributed by atoms with Gasteiger partial charge in [0.15, 0.2) is 0 Å². The predicted octanol–water partition coefficient (Wildman–Crippen LogP) is 4.41. The van der Waals surface area contributed by atoms with Crippen molar-refractivity contribution in [2.24, 2.45) is 4.99 Å². The largest absolute Gasteiger partial charge is 0.495 e. The number of nitrogens with zero attached hydrogens (tertiary/aromatic N) is 5. The van der Waals surface area contributed by atoms with Gasteiger partial charge >= 0.3 is 6.03 Å². The Morgan fingerprint density at radius 2 is 1.94 bits per heavy atom. The molecular weight excluding hydrogens is 433 g/mol. The molecule has 0 aliphatic carbocycles. The number of amidine groups is 1. The maximum absolute atomic E-state index is 13.6. The molecule has 3 aromatic rings. The molecule has 34 heavy (non-hydrogen) atoms. The zero-order valence-corrected chi connectivity index (χ0v) is 19.4. The van der Waals surface area contributed by atoms with E-state index in [0.29, 0.717) is 31.1 Å². The summed E-state index contributed by atoms with van der Waals surface area (Å²) in [6, 6.07) is 12.2. The van der Waals surface area contributed by atoms with Crippen LogP contribution in [0.2, 0.25) is 0 Å². The number of aryl methyl sites for hydroxylation is 1. The smallest absolute Gasteiger partial charge is 0.326 e. The minimum Gasteiger partial charge on any atom is -0.495 e. The maximum atomic E-state index is 13.6. The quantitative estimate of drug-likeness (QED) is 0.568. The molecule has 1 fully saturated rings. The van der Waals surface area contributed by atoms with Gasteiger partial charge in [0, 0.05) is 19.8 Å². The number of aromatic nitrogens is 2. The number of ether oxygens (including phenoxy) is 1. The van der Waals surface area contributed by atoms with Crippen LogP contribution in [0, 0.1) is 12.7 Å². The second-order valence-corrected chi connectivity index (χ2v) is 8.69. The lowest BCUT2D eigenvalue weighted by molar-refractivity contribution is 0.106. The molecule has 5 rings (SSSR count). The van der Waals surface area contributed by atoms with E-state index in [-0.39, 0.29) is 11.8 Å². The molecule has 8 heteroatoms. The van der Waals surface area contributed by atoms with Crippen LogP contribution in [0.25, 0.3) is 11.8 Å². The van der Waals surface area contributed by atoms with Gasteiger partial charge in [0.05, 0.1) is 36.9 Å². The van der Waals surface area contributed by atoms with Gasteiger partial charge in [-0.2, -0.15) is 0 Å². The lowest BCUT2D eigenvalue weighted by Crippen LogP contribution is -2.59. The second kappa shape index (κ2) is 8.44. The number of benzene rings is 2. The topological polar surface area (TPSA) is 63.0 Å². The van der Waals surface area contributed by atoms with Crippen LogP contribution in [0.15, 0.2) is 66.1 Å². The fourth-order valence-corrected chi connectivity index (χ4v) is 4.65. The summed E-state index contributed by atoms with van der Waals surface area (Å²) in [7, 11) is 3.43. The lowest BCUT2D eigenvalue weighted by atomic mass is 9.84. The van der Waals surface area contributed by atoms with Crippen LogP contribution in [-0.2, 0) is 5.54 Å². The molecule has 2 aromatic carbocycles. The van der Waals surface area contributed by atoms with Crippen LogP contribution in [0.3, 0.4) is 0 Å². The third-order valence-corrected chi connectivity index (χ3v) is 6.54. The zero-order chi connectivity index (χ0) is 23.9. The number of halogens is 1. The number of imidazole rings is 1. The Bertz CT molecular complexity index is 1300. The number of hydrogen-bond donors (Lipinski definition) is 0. The number of aliphatic imine (C=N–C) groups is 1. The minimum atomic E-state index is -0.599. The molecule has 2 amide bonds. The summed E-state index contributed by atoms with van der Waals surface area (Å²) >= 11 is 0. The van der Waals surface area contributed by atoms with E-state index < -0.39 is 5.54 Å². The van der Waals surface area contributed by atoms with Crippen molar-refractivity contribution in [1.82, 2.24) is 19.4 Å². The molecule has 0 saturated carbocycles. The highest BCUT2D eigenvalue weighted by Crippen LogP contribution is 2.41. The van der Waals surface area contributed by atoms with Gasteiger partial charge in [-0.25, -0.2) is 14.2 Å². The Labute approximate surface area is 197 Å². The monoisotopic (exact) mass is 459 g/mol. The molecule has 2 aliphatic rings. The van der Waals surface area contributed by atoms with Crippen molar-refractivity contribution in [3.8, 4) is 11.4 Å². The second-order valence-electron chi connectivity index (χ2n) is 8.69. The van der Waals surface area contributed by atoms with Crippen molar-refractivity contribution in [2.45, 2.75) is 18.9 Å². The minimum absolute atomic E-state index is 0.111. The van der Waals surface area contributed by atoms with Crippen molar-refractivity contribution in [2.75, 3.05) is 27.2 Å². The molecule has 0 N–H and O–H groups in total. The van der Waals surface area contributed by atoms with Gasteiger partial charge in [0.2, 0.25) is 0 Å². The molecule has 1 saturated heterocycles. The predicted molar refractivity (Wildman–Crippen MR) is 129 cm³/mol. The van der Waals surface area contributed by atoms with Crippen LogP contribution < -0.4 is 4.74 Å². The van der Waals surface area contributed by atoms with Crippen LogP contribution in [0.5, 0.6) is 5.75 Å². The van der Waals surface area contributed by atoms with Crippen LogP contribution in [0.4, 0.5) is 9.18 Å². The van der Waals surface area contributed by atoms with Crippen molar-refractivity contribution < 1.29 is 13.9 Å². The maximum Gasteiger partial charge on any atom is 0.326 e. The number of amides is 2. The van der Waals surface area contributed by atoms with Crippen molar-refractivity contribution >= 4 is 17.9 Å². The number of fused-ring (bicyclic) bond motifs is 1. The molecule has 174 valence electrons. The summed E-state index contributed by atoms with van der Waals surface area (Å²) in [5.74, 6) is 1.00. The van der Waals surface area contributed by atoms with Crippen LogP contribution in [0.1, 0.15) is 23.2 Å². The van der Waals surface area contributed by atoms with E-state index in [1.54, 1.807) is 42.4 Å². The van der Waals surface area contributed by atoms with Crippen molar-refractivity contribution in [1.29, 1.82) is 0 Å². The fraction of sp³-hybridized carbons (Fsp3) is 0.269. The zero-order valence-electron chi connectivity index (χ0n) is 19.4. The SMILES string of the molecule is COc1cc(C=CC2=NCC3(c4ccc(F)cc4)CCN(C)C(=O)N23)ccc1-n1cnc(C)c1. The van der Waals surface area contributed by atoms with Crippen LogP contribution >= 0.6 is 0 Å². The Kier molecular flexibility index (Phi) is 5.43. The van der Waals surface area contributed by atoms with Gasteiger partial charge in [-0.1, -0.05) is 24.3 Å². The third kappa shape index (κ3) is 3.65. The summed E-state index contributed by atoms with van der Waals surface area (Å²) in [6.07, 6.45) is 8.19. The van der Waals surface area contributed by atoms with Crippen molar-refractivity contribution in [3.63, 3.8) is 0 Å². The molecule has 7 nitrogen and oxygen atoms in total. The van der Waals surface area contributed by atoms with Gasteiger partial charge in [0.25, 0.3) is 0 Å². The molecule has 1 atom stereocenters. The summed E-state index contributed by atoms with van der Waals surface area (Å²) in [5, 5.41) is 0. The Hall–Kier alpha value is -3.94. The van der Waals surface area contributed by atoms with Gasteiger partial charge in [-0.3, -0.25) is 9.89 Å². The average Bonchev–Trinajstić information content (AvgIpc) is 3.45. The molecular formula is C26H26FN5O2. The molecule has 0 bridgehead atoms. The first-order valence-electron chi connectivity index (χ1n) is 11.1. The first-order chi connectivity index (χ1) is 16.4. The van der Waals surface area contributed by atoms with Gasteiger partial charge in [-0.05, 0) is 54.8 Å². The van der Waals surface area contributed by atoms with E-state index in [1.165, 1.54) is 12.1 Å². The Balaban J connectivity index is 1.45. The summed E-state index contributed by atoms with van der Waals surface area (Å²) in [5.41, 5.74) is 3.02. The van der Waals surface area contributed by atoms with E-state index >= 15 is 0 Å². The molecule has 3 heterocycles. The highest BCUT2D eigenvalue weighted by molar-refractivity contribution is 6.08. The number of carbonyl (C=O) groups is 1. The fourth-order valence-electron chi connectivity index (χ4n) is 4.65. The Morgan fingerprint density at radius 1 is 1.15 bits per heavy atom. The molecule has 2 aliphatic heterocycles. The first-order valence-corrected chi connectivity index (χ1v) is 11.1. The highest BCUT2D eigenvalue weighted by Gasteiger charge is 2.50. The summed E-state index contributed by atoms with van der Waals surface area (Å²) in [6.45, 7) is 3.00. The summed E-state index contributed by atoms with van der Waals surface area (Å²) < 4.78 is 21.1. The van der Waals surface area contributed by atoms with E-state index in [4.69, 9.17) is 9.73 Å². The third-order valence-electron chi connectivity index (χ3n) is 6.54. The van der Waals surface area contributed by atoms with E-state index in [1.807, 2.05) is 48.0 Å². The lowest BCUT2D eigenvalue weighted by Gasteiger charge is -2.45. The Morgan fingerprint density at radius 3 is 2.65 bits per heavy atom. The van der Waals surface area contributed by atoms with E-state index in [9.17, 15) is 9.18 Å². The number of rotatable bonds is 5. The number of urea groups is 1. The van der Waals surface area contributed by atoms with Gasteiger partial charge in [-0.15, -0.1) is 0 Å². The summed E-state index contributed by atoms with van der Waals surface area (Å²) in [4.78, 5) is 25.7. The number of hydrogen-bond acceptors (Lipinski definition) is 4. The van der Waals surface area contributed by atoms with E-state index in [2.05, 4.69) is 4.98 Å². The number of methoxy groups -OCH3 is 1. The molecule has 1 aromatic heterocycles.